The van der Waals surface area contributed by atoms with E-state index in [1.54, 1.807) is 11.0 Å². The standard InChI is InChI=1S/C22H22ClFN4O2S/c23-17-11-14(3-1-2-10-29)13-25-20(17)15-6-8-28(9-7-15)22(30)27-21-26-18-5-4-16(24)12-19(18)31-21/h4-6,11-13,29H,1-3,7-10H2,(H,26,27,30). The molecule has 0 fully saturated rings. The third-order valence-electron chi connectivity index (χ3n) is 5.14. The van der Waals surface area contributed by atoms with Crippen molar-refractivity contribution in [3.63, 3.8) is 0 Å². The van der Waals surface area contributed by atoms with E-state index in [2.05, 4.69) is 15.3 Å². The second-order valence-corrected chi connectivity index (χ2v) is 8.78. The van der Waals surface area contributed by atoms with Crippen LogP contribution in [0.1, 0.15) is 30.5 Å². The van der Waals surface area contributed by atoms with Crippen LogP contribution in [0, 0.1) is 5.82 Å². The van der Waals surface area contributed by atoms with Crippen LogP contribution >= 0.6 is 22.9 Å². The highest BCUT2D eigenvalue weighted by atomic mass is 35.5. The predicted molar refractivity (Wildman–Crippen MR) is 122 cm³/mol. The maximum atomic E-state index is 13.3. The average Bonchev–Trinajstić information content (AvgIpc) is 3.15. The number of urea groups is 1. The number of thiazole rings is 1. The molecule has 3 aromatic rings. The number of anilines is 1. The Morgan fingerprint density at radius 1 is 1.32 bits per heavy atom. The summed E-state index contributed by atoms with van der Waals surface area (Å²) in [5.74, 6) is -0.326. The summed E-state index contributed by atoms with van der Waals surface area (Å²) in [5, 5.41) is 12.8. The Morgan fingerprint density at radius 3 is 2.94 bits per heavy atom. The molecular weight excluding hydrogens is 439 g/mol. The van der Waals surface area contributed by atoms with Crippen molar-refractivity contribution in [1.82, 2.24) is 14.9 Å². The number of unbranched alkanes of at least 4 members (excludes halogenated alkanes) is 1. The van der Waals surface area contributed by atoms with Gasteiger partial charge in [-0.1, -0.05) is 29.0 Å². The summed E-state index contributed by atoms with van der Waals surface area (Å²) in [4.78, 5) is 23.2. The number of hydrogen-bond acceptors (Lipinski definition) is 5. The number of aliphatic hydroxyl groups is 1. The van der Waals surface area contributed by atoms with Crippen molar-refractivity contribution in [3.05, 3.63) is 58.6 Å². The number of pyridine rings is 1. The van der Waals surface area contributed by atoms with Gasteiger partial charge in [-0.3, -0.25) is 10.3 Å². The Bertz CT molecular complexity index is 1130. The quantitative estimate of drug-likeness (QED) is 0.500. The molecule has 2 aromatic heterocycles. The number of aryl methyl sites for hydroxylation is 1. The average molecular weight is 461 g/mol. The number of nitrogens with one attached hydrogen (secondary N) is 1. The molecule has 31 heavy (non-hydrogen) atoms. The molecule has 1 aliphatic rings. The molecule has 2 amide bonds. The fourth-order valence-electron chi connectivity index (χ4n) is 3.48. The minimum atomic E-state index is -0.326. The Morgan fingerprint density at radius 2 is 2.19 bits per heavy atom. The van der Waals surface area contributed by atoms with Gasteiger partial charge in [0.15, 0.2) is 5.13 Å². The Balaban J connectivity index is 1.38. The van der Waals surface area contributed by atoms with E-state index >= 15 is 0 Å². The van der Waals surface area contributed by atoms with Gasteiger partial charge in [0.1, 0.15) is 5.82 Å². The smallest absolute Gasteiger partial charge is 0.323 e. The number of amides is 2. The highest BCUT2D eigenvalue weighted by molar-refractivity contribution is 7.22. The molecule has 4 rings (SSSR count). The third kappa shape index (κ3) is 5.20. The highest BCUT2D eigenvalue weighted by Gasteiger charge is 2.21. The molecule has 0 saturated heterocycles. The zero-order valence-corrected chi connectivity index (χ0v) is 18.3. The first-order chi connectivity index (χ1) is 15.0. The van der Waals surface area contributed by atoms with Gasteiger partial charge < -0.3 is 10.0 Å². The van der Waals surface area contributed by atoms with Crippen LogP contribution in [0.3, 0.4) is 0 Å². The van der Waals surface area contributed by atoms with Gasteiger partial charge in [-0.15, -0.1) is 0 Å². The summed E-state index contributed by atoms with van der Waals surface area (Å²) in [5.41, 5.74) is 3.48. The summed E-state index contributed by atoms with van der Waals surface area (Å²) < 4.78 is 14.0. The number of hydrogen-bond donors (Lipinski definition) is 2. The van der Waals surface area contributed by atoms with Crippen molar-refractivity contribution in [3.8, 4) is 0 Å². The van der Waals surface area contributed by atoms with Gasteiger partial charge in [0.25, 0.3) is 0 Å². The van der Waals surface area contributed by atoms with E-state index < -0.39 is 0 Å². The van der Waals surface area contributed by atoms with Gasteiger partial charge in [-0.05, 0) is 61.1 Å². The molecule has 9 heteroatoms. The van der Waals surface area contributed by atoms with E-state index in [1.165, 1.54) is 23.5 Å². The first kappa shape index (κ1) is 21.7. The molecule has 0 bridgehead atoms. The van der Waals surface area contributed by atoms with E-state index in [1.807, 2.05) is 18.3 Å². The van der Waals surface area contributed by atoms with Gasteiger partial charge >= 0.3 is 6.03 Å². The lowest BCUT2D eigenvalue weighted by Gasteiger charge is -2.26. The second kappa shape index (κ2) is 9.72. The normalized spacial score (nSPS) is 14.0. The molecular formula is C22H22ClFN4O2S. The van der Waals surface area contributed by atoms with Crippen molar-refractivity contribution >= 4 is 49.9 Å². The monoisotopic (exact) mass is 460 g/mol. The van der Waals surface area contributed by atoms with E-state index in [9.17, 15) is 9.18 Å². The SMILES string of the molecule is O=C(Nc1nc2ccc(F)cc2s1)N1CC=C(c2ncc(CCCCO)cc2Cl)CC1. The highest BCUT2D eigenvalue weighted by Crippen LogP contribution is 2.29. The van der Waals surface area contributed by atoms with Gasteiger partial charge in [0.2, 0.25) is 0 Å². The zero-order valence-electron chi connectivity index (χ0n) is 16.8. The molecule has 0 aliphatic carbocycles. The molecule has 6 nitrogen and oxygen atoms in total. The molecule has 0 spiro atoms. The summed E-state index contributed by atoms with van der Waals surface area (Å²) in [6, 6.07) is 6.05. The summed E-state index contributed by atoms with van der Waals surface area (Å²) in [6.45, 7) is 1.16. The van der Waals surface area contributed by atoms with Crippen LogP contribution in [0.2, 0.25) is 5.02 Å². The number of aromatic nitrogens is 2. The number of halogens is 2. The molecule has 162 valence electrons. The number of carbonyl (C=O) groups excluding carboxylic acids is 1. The van der Waals surface area contributed by atoms with Crippen molar-refractivity contribution in [2.45, 2.75) is 25.7 Å². The lowest BCUT2D eigenvalue weighted by atomic mass is 10.0. The van der Waals surface area contributed by atoms with Crippen LogP contribution in [-0.4, -0.2) is 45.7 Å². The third-order valence-corrected chi connectivity index (χ3v) is 6.36. The van der Waals surface area contributed by atoms with Gasteiger partial charge in [-0.2, -0.15) is 0 Å². The van der Waals surface area contributed by atoms with Crippen LogP contribution in [0.25, 0.3) is 15.8 Å². The first-order valence-corrected chi connectivity index (χ1v) is 11.3. The summed E-state index contributed by atoms with van der Waals surface area (Å²) in [6.07, 6.45) is 6.93. The van der Waals surface area contributed by atoms with Gasteiger partial charge in [0.05, 0.1) is 20.9 Å². The number of carbonyl (C=O) groups is 1. The Kier molecular flexibility index (Phi) is 6.80. The lowest BCUT2D eigenvalue weighted by Crippen LogP contribution is -2.37. The van der Waals surface area contributed by atoms with Crippen LogP contribution in [0.15, 0.2) is 36.5 Å². The van der Waals surface area contributed by atoms with Crippen LogP contribution < -0.4 is 5.32 Å². The fourth-order valence-corrected chi connectivity index (χ4v) is 4.67. The van der Waals surface area contributed by atoms with Crippen LogP contribution in [-0.2, 0) is 6.42 Å². The van der Waals surface area contributed by atoms with E-state index in [-0.39, 0.29) is 18.5 Å². The second-order valence-electron chi connectivity index (χ2n) is 7.34. The number of benzene rings is 1. The van der Waals surface area contributed by atoms with Crippen LogP contribution in [0.4, 0.5) is 14.3 Å². The minimum absolute atomic E-state index is 0.188. The molecule has 0 saturated carbocycles. The molecule has 1 aromatic carbocycles. The van der Waals surface area contributed by atoms with Crippen molar-refractivity contribution in [1.29, 1.82) is 0 Å². The number of rotatable bonds is 6. The molecule has 3 heterocycles. The molecule has 2 N–H and O–H groups in total. The largest absolute Gasteiger partial charge is 0.396 e. The number of nitrogens with zero attached hydrogens (tertiary/aromatic N) is 3. The number of fused-ring (bicyclic) bond motifs is 1. The van der Waals surface area contributed by atoms with Crippen molar-refractivity contribution in [2.24, 2.45) is 0 Å². The summed E-state index contributed by atoms with van der Waals surface area (Å²) in [7, 11) is 0. The van der Waals surface area contributed by atoms with Crippen molar-refractivity contribution < 1.29 is 14.3 Å². The van der Waals surface area contributed by atoms with Gasteiger partial charge in [-0.25, -0.2) is 14.2 Å². The topological polar surface area (TPSA) is 78.4 Å². The molecule has 0 atom stereocenters. The maximum Gasteiger partial charge on any atom is 0.323 e. The van der Waals surface area contributed by atoms with E-state index in [0.29, 0.717) is 39.9 Å². The number of aliphatic hydroxyl groups excluding tert-OH is 1. The zero-order chi connectivity index (χ0) is 21.8. The maximum absolute atomic E-state index is 13.3. The fraction of sp³-hybridized carbons (Fsp3) is 0.318. The Labute approximate surface area is 188 Å². The van der Waals surface area contributed by atoms with Crippen molar-refractivity contribution in [2.75, 3.05) is 25.0 Å². The van der Waals surface area contributed by atoms with E-state index in [0.717, 1.165) is 36.1 Å². The van der Waals surface area contributed by atoms with Gasteiger partial charge in [0, 0.05) is 25.9 Å². The Hall–Kier alpha value is -2.55. The minimum Gasteiger partial charge on any atom is -0.396 e. The molecule has 0 radical (unpaired) electrons. The lowest BCUT2D eigenvalue weighted by molar-refractivity contribution is 0.217. The molecule has 0 unspecified atom stereocenters. The predicted octanol–water partition coefficient (Wildman–Crippen LogP) is 5.12. The van der Waals surface area contributed by atoms with Crippen LogP contribution in [0.5, 0.6) is 0 Å². The molecule has 1 aliphatic heterocycles. The summed E-state index contributed by atoms with van der Waals surface area (Å²) >= 11 is 7.70. The first-order valence-electron chi connectivity index (χ1n) is 10.1. The van der Waals surface area contributed by atoms with E-state index in [4.69, 9.17) is 16.7 Å².